The molecule has 1 aromatic rings. The van der Waals surface area contributed by atoms with E-state index in [9.17, 15) is 0 Å². The third kappa shape index (κ3) is 3.40. The van der Waals surface area contributed by atoms with Gasteiger partial charge in [-0.1, -0.05) is 25.9 Å². The average Bonchev–Trinajstić information content (AvgIpc) is 2.36. The van der Waals surface area contributed by atoms with E-state index >= 15 is 0 Å². The van der Waals surface area contributed by atoms with Gasteiger partial charge in [0, 0.05) is 6.20 Å². The van der Waals surface area contributed by atoms with Crippen molar-refractivity contribution in [1.29, 1.82) is 0 Å². The van der Waals surface area contributed by atoms with Gasteiger partial charge in [0.15, 0.2) is 5.84 Å². The summed E-state index contributed by atoms with van der Waals surface area (Å²) >= 11 is 0. The smallest absolute Gasteiger partial charge is 0.173 e. The molecule has 20 heavy (non-hydrogen) atoms. The predicted molar refractivity (Wildman–Crippen MR) is 78.0 cm³/mol. The molecule has 5 nitrogen and oxygen atoms in total. The van der Waals surface area contributed by atoms with Gasteiger partial charge in [0.05, 0.1) is 17.9 Å². The van der Waals surface area contributed by atoms with Crippen molar-refractivity contribution in [1.82, 2.24) is 4.98 Å². The van der Waals surface area contributed by atoms with E-state index < -0.39 is 0 Å². The topological polar surface area (TPSA) is 80.7 Å². The van der Waals surface area contributed by atoms with Crippen LogP contribution in [0.15, 0.2) is 23.6 Å². The number of nitrogens with zero attached hydrogens (tertiary/aromatic N) is 2. The Balaban J connectivity index is 2.18. The summed E-state index contributed by atoms with van der Waals surface area (Å²) in [4.78, 5) is 4.07. The summed E-state index contributed by atoms with van der Waals surface area (Å²) in [7, 11) is 0. The number of aromatic nitrogens is 1. The predicted octanol–water partition coefficient (Wildman–Crippen LogP) is 2.77. The molecule has 0 saturated heterocycles. The summed E-state index contributed by atoms with van der Waals surface area (Å²) in [6, 6.07) is 1.70. The summed E-state index contributed by atoms with van der Waals surface area (Å²) in [5.74, 6) is 1.26. The Bertz CT molecular complexity index is 500. The average molecular weight is 277 g/mol. The molecule has 1 fully saturated rings. The number of oxime groups is 1. The summed E-state index contributed by atoms with van der Waals surface area (Å²) < 4.78 is 6.08. The third-order valence-corrected chi connectivity index (χ3v) is 3.81. The number of ether oxygens (including phenoxy) is 1. The van der Waals surface area contributed by atoms with E-state index in [1.807, 2.05) is 0 Å². The van der Waals surface area contributed by atoms with Gasteiger partial charge in [0.1, 0.15) is 5.75 Å². The fourth-order valence-electron chi connectivity index (χ4n) is 3.27. The largest absolute Gasteiger partial charge is 0.488 e. The summed E-state index contributed by atoms with van der Waals surface area (Å²) in [5.41, 5.74) is 6.53. The SMILES string of the molecule is CC1CC(Oc2cnccc2/C(N)=N/O)CC(C)(C)C1. The second-order valence-corrected chi connectivity index (χ2v) is 6.51. The standard InChI is InChI=1S/C15H23N3O2/c1-10-6-11(8-15(2,3)7-10)20-13-9-17-5-4-12(13)14(16)18-19/h4-5,9-11,19H,6-8H2,1-3H3,(H2,16,18). The van der Waals surface area contributed by atoms with Gasteiger partial charge in [-0.3, -0.25) is 4.98 Å². The van der Waals surface area contributed by atoms with Crippen molar-refractivity contribution in [3.8, 4) is 5.75 Å². The lowest BCUT2D eigenvalue weighted by atomic mass is 9.71. The van der Waals surface area contributed by atoms with E-state index in [2.05, 4.69) is 30.9 Å². The molecule has 1 aliphatic rings. The highest BCUT2D eigenvalue weighted by Gasteiger charge is 2.33. The lowest BCUT2D eigenvalue weighted by Gasteiger charge is -2.39. The first kappa shape index (κ1) is 14.6. The maximum atomic E-state index is 8.83. The number of hydrogen-bond donors (Lipinski definition) is 2. The molecule has 2 unspecified atom stereocenters. The van der Waals surface area contributed by atoms with Gasteiger partial charge in [-0.25, -0.2) is 0 Å². The first-order valence-electron chi connectivity index (χ1n) is 7.00. The number of hydrogen-bond acceptors (Lipinski definition) is 4. The van der Waals surface area contributed by atoms with Crippen molar-refractivity contribution in [3.05, 3.63) is 24.0 Å². The van der Waals surface area contributed by atoms with Gasteiger partial charge < -0.3 is 15.7 Å². The summed E-state index contributed by atoms with van der Waals surface area (Å²) in [6.45, 7) is 6.80. The van der Waals surface area contributed by atoms with E-state index in [1.54, 1.807) is 18.5 Å². The van der Waals surface area contributed by atoms with Crippen LogP contribution in [0.3, 0.4) is 0 Å². The highest BCUT2D eigenvalue weighted by molar-refractivity contribution is 5.99. The van der Waals surface area contributed by atoms with Crippen LogP contribution < -0.4 is 10.5 Å². The zero-order valence-electron chi connectivity index (χ0n) is 12.3. The fraction of sp³-hybridized carbons (Fsp3) is 0.600. The van der Waals surface area contributed by atoms with Crippen molar-refractivity contribution in [2.75, 3.05) is 0 Å². The normalized spacial score (nSPS) is 26.2. The Labute approximate surface area is 119 Å². The van der Waals surface area contributed by atoms with E-state index in [4.69, 9.17) is 15.7 Å². The summed E-state index contributed by atoms with van der Waals surface area (Å²) in [6.07, 6.45) is 6.61. The molecule has 0 radical (unpaired) electrons. The van der Waals surface area contributed by atoms with E-state index in [1.165, 1.54) is 6.42 Å². The molecule has 2 rings (SSSR count). The highest BCUT2D eigenvalue weighted by Crippen LogP contribution is 2.40. The molecule has 1 heterocycles. The van der Waals surface area contributed by atoms with Gasteiger partial charge in [0.2, 0.25) is 0 Å². The molecule has 0 bridgehead atoms. The zero-order chi connectivity index (χ0) is 14.8. The fourth-order valence-corrected chi connectivity index (χ4v) is 3.27. The van der Waals surface area contributed by atoms with Crippen LogP contribution in [0, 0.1) is 11.3 Å². The lowest BCUT2D eigenvalue weighted by molar-refractivity contribution is 0.0558. The Morgan fingerprint density at radius 1 is 1.50 bits per heavy atom. The minimum absolute atomic E-state index is 0.0468. The lowest BCUT2D eigenvalue weighted by Crippen LogP contribution is -2.34. The molecule has 1 saturated carbocycles. The summed E-state index contributed by atoms with van der Waals surface area (Å²) in [5, 5.41) is 11.9. The van der Waals surface area contributed by atoms with Crippen LogP contribution in [-0.2, 0) is 0 Å². The maximum Gasteiger partial charge on any atom is 0.173 e. The van der Waals surface area contributed by atoms with Gasteiger partial charge in [-0.15, -0.1) is 0 Å². The first-order chi connectivity index (χ1) is 9.41. The van der Waals surface area contributed by atoms with Gasteiger partial charge in [0.25, 0.3) is 0 Å². The van der Waals surface area contributed by atoms with E-state index in [-0.39, 0.29) is 17.4 Å². The number of amidine groups is 1. The van der Waals surface area contributed by atoms with Crippen molar-refractivity contribution in [2.45, 2.75) is 46.1 Å². The van der Waals surface area contributed by atoms with Crippen LogP contribution >= 0.6 is 0 Å². The Hall–Kier alpha value is -1.78. The Morgan fingerprint density at radius 3 is 2.90 bits per heavy atom. The van der Waals surface area contributed by atoms with E-state index in [0.717, 1.165) is 12.8 Å². The Kier molecular flexibility index (Phi) is 4.16. The molecule has 5 heteroatoms. The molecule has 0 amide bonds. The molecule has 1 aliphatic carbocycles. The molecule has 2 atom stereocenters. The molecule has 1 aromatic heterocycles. The van der Waals surface area contributed by atoms with Crippen LogP contribution in [0.4, 0.5) is 0 Å². The molecule has 3 N–H and O–H groups in total. The Morgan fingerprint density at radius 2 is 2.25 bits per heavy atom. The maximum absolute atomic E-state index is 8.83. The minimum atomic E-state index is 0.0468. The van der Waals surface area contributed by atoms with Crippen molar-refractivity contribution >= 4 is 5.84 Å². The van der Waals surface area contributed by atoms with Gasteiger partial charge in [-0.05, 0) is 36.7 Å². The molecule has 0 aliphatic heterocycles. The minimum Gasteiger partial charge on any atom is -0.488 e. The van der Waals surface area contributed by atoms with Crippen molar-refractivity contribution in [3.63, 3.8) is 0 Å². The molecular formula is C15H23N3O2. The number of pyridine rings is 1. The van der Waals surface area contributed by atoms with Crippen LogP contribution in [0.25, 0.3) is 0 Å². The van der Waals surface area contributed by atoms with Gasteiger partial charge in [-0.2, -0.15) is 0 Å². The molecule has 0 spiro atoms. The second-order valence-electron chi connectivity index (χ2n) is 6.51. The molecule has 110 valence electrons. The first-order valence-corrected chi connectivity index (χ1v) is 7.00. The third-order valence-electron chi connectivity index (χ3n) is 3.81. The number of rotatable bonds is 3. The van der Waals surface area contributed by atoms with Crippen LogP contribution in [0.5, 0.6) is 5.75 Å². The monoisotopic (exact) mass is 277 g/mol. The second kappa shape index (κ2) is 5.69. The zero-order valence-corrected chi connectivity index (χ0v) is 12.3. The van der Waals surface area contributed by atoms with Crippen LogP contribution in [-0.4, -0.2) is 22.1 Å². The van der Waals surface area contributed by atoms with Crippen LogP contribution in [0.1, 0.15) is 45.6 Å². The van der Waals surface area contributed by atoms with Crippen molar-refractivity contribution in [2.24, 2.45) is 22.2 Å². The van der Waals surface area contributed by atoms with E-state index in [0.29, 0.717) is 17.2 Å². The van der Waals surface area contributed by atoms with Crippen LogP contribution in [0.2, 0.25) is 0 Å². The number of nitrogens with two attached hydrogens (primary N) is 1. The molecular weight excluding hydrogens is 254 g/mol. The quantitative estimate of drug-likeness (QED) is 0.385. The van der Waals surface area contributed by atoms with Crippen molar-refractivity contribution < 1.29 is 9.94 Å². The molecule has 0 aromatic carbocycles. The highest BCUT2D eigenvalue weighted by atomic mass is 16.5. The van der Waals surface area contributed by atoms with Gasteiger partial charge >= 0.3 is 0 Å².